The maximum absolute atomic E-state index is 6.53. The number of anilines is 2. The molecule has 3 aromatic carbocycles. The van der Waals surface area contributed by atoms with E-state index in [9.17, 15) is 0 Å². The summed E-state index contributed by atoms with van der Waals surface area (Å²) in [6, 6.07) is 26.0. The third kappa shape index (κ3) is 4.62. The first-order chi connectivity index (χ1) is 17.6. The average molecular weight is 652 g/mol. The number of piperazine rings is 1. The van der Waals surface area contributed by atoms with Gasteiger partial charge in [0.15, 0.2) is 5.76 Å². The predicted octanol–water partition coefficient (Wildman–Crippen LogP) is 7.31. The second kappa shape index (κ2) is 10.1. The molecule has 1 fully saturated rings. The summed E-state index contributed by atoms with van der Waals surface area (Å²) in [6.07, 6.45) is 0.809. The van der Waals surface area contributed by atoms with Crippen LogP contribution in [0.5, 0.6) is 0 Å². The third-order valence-electron chi connectivity index (χ3n) is 7.03. The van der Waals surface area contributed by atoms with Gasteiger partial charge in [-0.2, -0.15) is 0 Å². The van der Waals surface area contributed by atoms with E-state index >= 15 is 0 Å². The Morgan fingerprint density at radius 2 is 1.72 bits per heavy atom. The Labute approximate surface area is 234 Å². The van der Waals surface area contributed by atoms with Gasteiger partial charge in [0.1, 0.15) is 5.76 Å². The van der Waals surface area contributed by atoms with Gasteiger partial charge < -0.3 is 19.5 Å². The van der Waals surface area contributed by atoms with Gasteiger partial charge in [0.2, 0.25) is 0 Å². The molecule has 2 aliphatic rings. The molecule has 0 radical (unpaired) electrons. The number of rotatable bonds is 4. The fourth-order valence-electron chi connectivity index (χ4n) is 5.11. The highest BCUT2D eigenvalue weighted by atomic mass is 127. The molecule has 6 heteroatoms. The van der Waals surface area contributed by atoms with Crippen LogP contribution in [0.3, 0.4) is 0 Å². The van der Waals surface area contributed by atoms with Crippen LogP contribution in [0.4, 0.5) is 11.4 Å². The van der Waals surface area contributed by atoms with Crippen molar-refractivity contribution < 1.29 is 4.42 Å². The molecule has 0 saturated carbocycles. The SMILES string of the molecule is C=C1c2oc(-c3ccc(I)cc3)cc2Cc2cc(N3CCNCC3)ccc2N1Cc1ccccc1Br. The molecule has 1 saturated heterocycles. The molecule has 0 unspecified atom stereocenters. The number of benzene rings is 3. The van der Waals surface area contributed by atoms with Crippen LogP contribution in [0.15, 0.2) is 88.3 Å². The molecule has 0 atom stereocenters. The van der Waals surface area contributed by atoms with Gasteiger partial charge in [0.25, 0.3) is 0 Å². The van der Waals surface area contributed by atoms with Crippen LogP contribution in [0, 0.1) is 3.57 Å². The van der Waals surface area contributed by atoms with Crippen molar-refractivity contribution in [3.63, 3.8) is 0 Å². The Kier molecular flexibility index (Phi) is 6.67. The van der Waals surface area contributed by atoms with E-state index in [2.05, 4.69) is 133 Å². The Bertz CT molecular complexity index is 1420. The molecule has 182 valence electrons. The quantitative estimate of drug-likeness (QED) is 0.235. The monoisotopic (exact) mass is 651 g/mol. The largest absolute Gasteiger partial charge is 0.454 e. The van der Waals surface area contributed by atoms with Crippen molar-refractivity contribution in [3.8, 4) is 11.3 Å². The second-order valence-electron chi connectivity index (χ2n) is 9.32. The highest BCUT2D eigenvalue weighted by molar-refractivity contribution is 14.1. The van der Waals surface area contributed by atoms with Crippen LogP contribution in [0.25, 0.3) is 17.0 Å². The van der Waals surface area contributed by atoms with Gasteiger partial charge in [0, 0.05) is 69.7 Å². The van der Waals surface area contributed by atoms with E-state index in [0.29, 0.717) is 6.54 Å². The highest BCUT2D eigenvalue weighted by Gasteiger charge is 2.28. The lowest BCUT2D eigenvalue weighted by molar-refractivity contribution is 0.562. The van der Waals surface area contributed by atoms with E-state index < -0.39 is 0 Å². The van der Waals surface area contributed by atoms with E-state index in [1.807, 2.05) is 0 Å². The first-order valence-corrected chi connectivity index (χ1v) is 14.1. The van der Waals surface area contributed by atoms with Crippen molar-refractivity contribution in [1.29, 1.82) is 0 Å². The van der Waals surface area contributed by atoms with Crippen molar-refractivity contribution >= 4 is 55.6 Å². The number of halogens is 2. The lowest BCUT2D eigenvalue weighted by Gasteiger charge is -2.31. The lowest BCUT2D eigenvalue weighted by atomic mass is 10.0. The molecule has 0 spiro atoms. The first kappa shape index (κ1) is 23.8. The average Bonchev–Trinajstić information content (AvgIpc) is 3.28. The number of furan rings is 1. The van der Waals surface area contributed by atoms with E-state index in [0.717, 1.165) is 59.9 Å². The molecule has 0 amide bonds. The van der Waals surface area contributed by atoms with Gasteiger partial charge in [0.05, 0.1) is 5.70 Å². The Hall–Kier alpha value is -2.55. The topological polar surface area (TPSA) is 31.7 Å². The van der Waals surface area contributed by atoms with Gasteiger partial charge in [-0.25, -0.2) is 0 Å². The molecule has 0 aliphatic carbocycles. The number of nitrogens with one attached hydrogen (secondary N) is 1. The molecular formula is C30H27BrIN3O. The van der Waals surface area contributed by atoms with E-state index in [1.165, 1.54) is 31.6 Å². The van der Waals surface area contributed by atoms with Gasteiger partial charge in [-0.3, -0.25) is 0 Å². The maximum atomic E-state index is 6.53. The molecule has 0 bridgehead atoms. The van der Waals surface area contributed by atoms with Crippen molar-refractivity contribution in [2.24, 2.45) is 0 Å². The maximum Gasteiger partial charge on any atom is 0.154 e. The van der Waals surface area contributed by atoms with E-state index in [1.54, 1.807) is 0 Å². The van der Waals surface area contributed by atoms with E-state index in [4.69, 9.17) is 4.42 Å². The standard InChI is InChI=1S/C30H27BrIN3O/c1-20-30-24(18-29(36-30)21-6-8-25(32)9-7-21)16-23-17-26(34-14-12-33-13-15-34)10-11-28(23)35(20)19-22-4-2-3-5-27(22)31/h2-11,17-18,33H,1,12-16,19H2. The molecular weight excluding hydrogens is 625 g/mol. The summed E-state index contributed by atoms with van der Waals surface area (Å²) >= 11 is 6.08. The fraction of sp³-hybridized carbons (Fsp3) is 0.200. The Morgan fingerprint density at radius 1 is 0.944 bits per heavy atom. The van der Waals surface area contributed by atoms with Crippen LogP contribution in [0.2, 0.25) is 0 Å². The van der Waals surface area contributed by atoms with Crippen molar-refractivity contribution in [1.82, 2.24) is 5.32 Å². The van der Waals surface area contributed by atoms with Gasteiger partial charge in [-0.15, -0.1) is 0 Å². The molecule has 6 rings (SSSR count). The summed E-state index contributed by atoms with van der Waals surface area (Å²) in [6.45, 7) is 9.36. The summed E-state index contributed by atoms with van der Waals surface area (Å²) in [5.41, 5.74) is 8.15. The number of hydrogen-bond donors (Lipinski definition) is 1. The lowest BCUT2D eigenvalue weighted by Crippen LogP contribution is -2.43. The molecule has 1 aromatic heterocycles. The van der Waals surface area contributed by atoms with Crippen molar-refractivity contribution in [3.05, 3.63) is 110 Å². The zero-order valence-corrected chi connectivity index (χ0v) is 23.7. The summed E-state index contributed by atoms with van der Waals surface area (Å²) < 4.78 is 8.83. The number of hydrogen-bond acceptors (Lipinski definition) is 4. The summed E-state index contributed by atoms with van der Waals surface area (Å²) in [5.74, 6) is 1.76. The summed E-state index contributed by atoms with van der Waals surface area (Å²) in [4.78, 5) is 4.78. The normalized spacial score (nSPS) is 15.4. The summed E-state index contributed by atoms with van der Waals surface area (Å²) in [5, 5.41) is 3.46. The third-order valence-corrected chi connectivity index (χ3v) is 8.52. The zero-order chi connectivity index (χ0) is 24.6. The smallest absolute Gasteiger partial charge is 0.154 e. The molecule has 4 nitrogen and oxygen atoms in total. The van der Waals surface area contributed by atoms with Crippen LogP contribution in [0.1, 0.15) is 22.5 Å². The minimum absolute atomic E-state index is 0.708. The number of nitrogens with zero attached hydrogens (tertiary/aromatic N) is 2. The predicted molar refractivity (Wildman–Crippen MR) is 161 cm³/mol. The van der Waals surface area contributed by atoms with Crippen LogP contribution >= 0.6 is 38.5 Å². The molecule has 1 N–H and O–H groups in total. The fourth-order valence-corrected chi connectivity index (χ4v) is 5.88. The Morgan fingerprint density at radius 3 is 2.50 bits per heavy atom. The van der Waals surface area contributed by atoms with Crippen molar-refractivity contribution in [2.75, 3.05) is 36.0 Å². The molecule has 36 heavy (non-hydrogen) atoms. The van der Waals surface area contributed by atoms with Crippen LogP contribution in [-0.4, -0.2) is 26.2 Å². The molecule has 2 aliphatic heterocycles. The van der Waals surface area contributed by atoms with Crippen LogP contribution in [-0.2, 0) is 13.0 Å². The van der Waals surface area contributed by atoms with Crippen molar-refractivity contribution in [2.45, 2.75) is 13.0 Å². The number of fused-ring (bicyclic) bond motifs is 2. The molecule has 3 heterocycles. The first-order valence-electron chi connectivity index (χ1n) is 12.2. The zero-order valence-electron chi connectivity index (χ0n) is 19.9. The Balaban J connectivity index is 1.45. The van der Waals surface area contributed by atoms with Gasteiger partial charge in [-0.1, -0.05) is 52.8 Å². The second-order valence-corrected chi connectivity index (χ2v) is 11.4. The minimum atomic E-state index is 0.708. The molecule has 4 aromatic rings. The van der Waals surface area contributed by atoms with Gasteiger partial charge >= 0.3 is 0 Å². The van der Waals surface area contributed by atoms with Crippen LogP contribution < -0.4 is 15.1 Å². The van der Waals surface area contributed by atoms with E-state index in [-0.39, 0.29) is 0 Å². The minimum Gasteiger partial charge on any atom is -0.454 e. The highest BCUT2D eigenvalue weighted by Crippen LogP contribution is 2.42. The summed E-state index contributed by atoms with van der Waals surface area (Å²) in [7, 11) is 0. The van der Waals surface area contributed by atoms with Gasteiger partial charge in [-0.05, 0) is 76.2 Å².